The number of thiazole rings is 1. The van der Waals surface area contributed by atoms with Crippen LogP contribution in [0.2, 0.25) is 0 Å². The minimum absolute atomic E-state index is 0.180. The zero-order valence-electron chi connectivity index (χ0n) is 16.0. The van der Waals surface area contributed by atoms with Crippen molar-refractivity contribution in [1.29, 1.82) is 0 Å². The van der Waals surface area contributed by atoms with Crippen LogP contribution in [-0.2, 0) is 6.54 Å². The number of furan rings is 1. The van der Waals surface area contributed by atoms with Crippen LogP contribution in [-0.4, -0.2) is 28.7 Å². The molecule has 5 rings (SSSR count). The molecule has 29 heavy (non-hydrogen) atoms. The van der Waals surface area contributed by atoms with Gasteiger partial charge in [0.05, 0.1) is 28.6 Å². The summed E-state index contributed by atoms with van der Waals surface area (Å²) in [5, 5.41) is 3.47. The van der Waals surface area contributed by atoms with Crippen molar-refractivity contribution in [2.24, 2.45) is 0 Å². The van der Waals surface area contributed by atoms with Crippen LogP contribution in [0.25, 0.3) is 10.2 Å². The average molecular weight is 409 g/mol. The number of nitrogens with zero attached hydrogens (tertiary/aromatic N) is 2. The third-order valence-electron chi connectivity index (χ3n) is 4.99. The zero-order chi connectivity index (χ0) is 20.0. The zero-order valence-corrected chi connectivity index (χ0v) is 16.8. The van der Waals surface area contributed by atoms with Gasteiger partial charge in [0.15, 0.2) is 16.6 Å². The van der Waals surface area contributed by atoms with Crippen molar-refractivity contribution < 1.29 is 18.7 Å². The van der Waals surface area contributed by atoms with E-state index in [0.717, 1.165) is 27.4 Å². The number of anilines is 1. The second-order valence-electron chi connectivity index (χ2n) is 6.89. The lowest BCUT2D eigenvalue weighted by molar-refractivity contribution is 0.102. The molecule has 1 aliphatic rings. The second-order valence-corrected chi connectivity index (χ2v) is 7.92. The van der Waals surface area contributed by atoms with Crippen LogP contribution in [0.1, 0.15) is 27.5 Å². The van der Waals surface area contributed by atoms with Gasteiger partial charge >= 0.3 is 0 Å². The lowest BCUT2D eigenvalue weighted by atomic mass is 10.2. The highest BCUT2D eigenvalue weighted by molar-refractivity contribution is 7.22. The van der Waals surface area contributed by atoms with Crippen molar-refractivity contribution >= 4 is 32.6 Å². The molecule has 8 heteroatoms. The van der Waals surface area contributed by atoms with Gasteiger partial charge in [-0.1, -0.05) is 11.3 Å². The standard InChI is InChI=1S/C21H19N3O4S/c1-12-8-15(13(2)24(12)11-14-4-3-5-26-14)20(25)23-21-22-16-9-17-18(10-19(16)29-21)28-7-6-27-17/h3-5,8-10H,6-7,11H2,1-2H3,(H,22,23,25). The average Bonchev–Trinajstić information content (AvgIpc) is 3.42. The maximum Gasteiger partial charge on any atom is 0.259 e. The molecule has 0 bridgehead atoms. The number of aryl methyl sites for hydroxylation is 1. The number of rotatable bonds is 4. The van der Waals surface area contributed by atoms with Crippen LogP contribution in [0.3, 0.4) is 0 Å². The molecule has 7 nitrogen and oxygen atoms in total. The molecule has 0 unspecified atom stereocenters. The van der Waals surface area contributed by atoms with E-state index >= 15 is 0 Å². The number of aromatic nitrogens is 2. The summed E-state index contributed by atoms with van der Waals surface area (Å²) in [5.74, 6) is 2.07. The van der Waals surface area contributed by atoms with Gasteiger partial charge in [0.2, 0.25) is 0 Å². The van der Waals surface area contributed by atoms with E-state index in [1.165, 1.54) is 11.3 Å². The van der Waals surface area contributed by atoms with Crippen molar-refractivity contribution in [3.8, 4) is 11.5 Å². The van der Waals surface area contributed by atoms with E-state index in [-0.39, 0.29) is 5.91 Å². The van der Waals surface area contributed by atoms with E-state index in [2.05, 4.69) is 14.9 Å². The number of hydrogen-bond donors (Lipinski definition) is 1. The number of hydrogen-bond acceptors (Lipinski definition) is 6. The maximum absolute atomic E-state index is 12.9. The number of fused-ring (bicyclic) bond motifs is 2. The summed E-state index contributed by atoms with van der Waals surface area (Å²) in [6.07, 6.45) is 1.65. The van der Waals surface area contributed by atoms with Crippen molar-refractivity contribution in [2.75, 3.05) is 18.5 Å². The fraction of sp³-hybridized carbons (Fsp3) is 0.238. The molecule has 4 heterocycles. The van der Waals surface area contributed by atoms with Gasteiger partial charge in [-0.15, -0.1) is 0 Å². The molecule has 148 valence electrons. The predicted molar refractivity (Wildman–Crippen MR) is 110 cm³/mol. The van der Waals surface area contributed by atoms with Gasteiger partial charge in [0.25, 0.3) is 5.91 Å². The van der Waals surface area contributed by atoms with Crippen LogP contribution in [0, 0.1) is 13.8 Å². The molecule has 0 fully saturated rings. The Balaban J connectivity index is 1.40. The highest BCUT2D eigenvalue weighted by atomic mass is 32.1. The van der Waals surface area contributed by atoms with E-state index in [1.807, 2.05) is 44.2 Å². The minimum Gasteiger partial charge on any atom is -0.486 e. The number of benzene rings is 1. The molecule has 0 saturated carbocycles. The molecule has 4 aromatic rings. The Hall–Kier alpha value is -3.26. The van der Waals surface area contributed by atoms with E-state index in [9.17, 15) is 4.79 Å². The van der Waals surface area contributed by atoms with Gasteiger partial charge in [-0.25, -0.2) is 4.98 Å². The van der Waals surface area contributed by atoms with Gasteiger partial charge in [-0.3, -0.25) is 10.1 Å². The Morgan fingerprint density at radius 2 is 2.00 bits per heavy atom. The molecule has 0 atom stereocenters. The Labute approximate surface area is 170 Å². The summed E-state index contributed by atoms with van der Waals surface area (Å²) in [6.45, 7) is 5.57. The lowest BCUT2D eigenvalue weighted by Crippen LogP contribution is -2.15. The minimum atomic E-state index is -0.180. The molecular formula is C21H19N3O4S. The molecule has 1 aromatic carbocycles. The van der Waals surface area contributed by atoms with Crippen LogP contribution in [0.15, 0.2) is 41.0 Å². The van der Waals surface area contributed by atoms with Gasteiger partial charge in [0.1, 0.15) is 19.0 Å². The first-order valence-corrected chi connectivity index (χ1v) is 10.1. The Morgan fingerprint density at radius 3 is 2.76 bits per heavy atom. The first-order chi connectivity index (χ1) is 14.1. The summed E-state index contributed by atoms with van der Waals surface area (Å²) < 4.78 is 19.7. The highest BCUT2D eigenvalue weighted by Gasteiger charge is 2.19. The number of amides is 1. The second kappa shape index (κ2) is 6.97. The van der Waals surface area contributed by atoms with Crippen LogP contribution in [0.5, 0.6) is 11.5 Å². The van der Waals surface area contributed by atoms with Crippen LogP contribution >= 0.6 is 11.3 Å². The van der Waals surface area contributed by atoms with Gasteiger partial charge in [-0.05, 0) is 32.0 Å². The van der Waals surface area contributed by atoms with Crippen molar-refractivity contribution in [3.63, 3.8) is 0 Å². The van der Waals surface area contributed by atoms with E-state index in [4.69, 9.17) is 13.9 Å². The summed E-state index contributed by atoms with van der Waals surface area (Å²) in [5.41, 5.74) is 3.28. The SMILES string of the molecule is Cc1cc(C(=O)Nc2nc3cc4c(cc3s2)OCCO4)c(C)n1Cc1ccco1. The molecule has 1 N–H and O–H groups in total. The topological polar surface area (TPSA) is 78.5 Å². The fourth-order valence-corrected chi connectivity index (χ4v) is 4.39. The molecule has 0 radical (unpaired) electrons. The number of nitrogens with one attached hydrogen (secondary N) is 1. The first-order valence-electron chi connectivity index (χ1n) is 9.29. The third kappa shape index (κ3) is 3.25. The number of carbonyl (C=O) groups is 1. The molecule has 0 saturated heterocycles. The van der Waals surface area contributed by atoms with Crippen molar-refractivity contribution in [3.05, 3.63) is 59.3 Å². The van der Waals surface area contributed by atoms with Gasteiger partial charge in [0, 0.05) is 23.5 Å². The number of ether oxygens (including phenoxy) is 2. The van der Waals surface area contributed by atoms with Crippen molar-refractivity contribution in [1.82, 2.24) is 9.55 Å². The summed E-state index contributed by atoms with van der Waals surface area (Å²) in [7, 11) is 0. The van der Waals surface area contributed by atoms with Gasteiger partial charge in [-0.2, -0.15) is 0 Å². The quantitative estimate of drug-likeness (QED) is 0.541. The van der Waals surface area contributed by atoms with E-state index in [0.29, 0.717) is 42.0 Å². The molecule has 0 spiro atoms. The summed E-state index contributed by atoms with van der Waals surface area (Å²) in [4.78, 5) is 17.4. The smallest absolute Gasteiger partial charge is 0.259 e. The van der Waals surface area contributed by atoms with Crippen molar-refractivity contribution in [2.45, 2.75) is 20.4 Å². The maximum atomic E-state index is 12.9. The molecule has 1 amide bonds. The molecule has 1 aliphatic heterocycles. The molecule has 3 aromatic heterocycles. The molecule has 0 aliphatic carbocycles. The monoisotopic (exact) mass is 409 g/mol. The van der Waals surface area contributed by atoms with Gasteiger partial charge < -0.3 is 18.5 Å². The Kier molecular flexibility index (Phi) is 4.28. The normalized spacial score (nSPS) is 13.0. The highest BCUT2D eigenvalue weighted by Crippen LogP contribution is 2.38. The first kappa shape index (κ1) is 17.8. The Bertz CT molecular complexity index is 1160. The molecular weight excluding hydrogens is 390 g/mol. The van der Waals surface area contributed by atoms with E-state index < -0.39 is 0 Å². The van der Waals surface area contributed by atoms with Crippen LogP contribution in [0.4, 0.5) is 5.13 Å². The predicted octanol–water partition coefficient (Wildman–Crippen LogP) is 4.38. The third-order valence-corrected chi connectivity index (χ3v) is 5.92. The van der Waals surface area contributed by atoms with Crippen LogP contribution < -0.4 is 14.8 Å². The Morgan fingerprint density at radius 1 is 1.21 bits per heavy atom. The lowest BCUT2D eigenvalue weighted by Gasteiger charge is -2.17. The summed E-state index contributed by atoms with van der Waals surface area (Å²) in [6, 6.07) is 9.43. The number of carbonyl (C=O) groups excluding carboxylic acids is 1. The fourth-order valence-electron chi connectivity index (χ4n) is 3.52. The summed E-state index contributed by atoms with van der Waals surface area (Å²) >= 11 is 1.41. The largest absolute Gasteiger partial charge is 0.486 e. The van der Waals surface area contributed by atoms with E-state index in [1.54, 1.807) is 6.26 Å².